The quantitative estimate of drug-likeness (QED) is 0.118. The molecule has 0 rings (SSSR count). The van der Waals surface area contributed by atoms with E-state index in [1.807, 2.05) is 27.7 Å². The van der Waals surface area contributed by atoms with Crippen LogP contribution in [0.4, 0.5) is 0 Å². The molecule has 33 heavy (non-hydrogen) atoms. The average Bonchev–Trinajstić information content (AvgIpc) is 2.71. The minimum Gasteiger partial charge on any atom is -0.463 e. The zero-order valence-corrected chi connectivity index (χ0v) is 23.0. The molecular weight excluding hydrogens is 412 g/mol. The summed E-state index contributed by atoms with van der Waals surface area (Å²) in [6.45, 7) is 11.9. The summed E-state index contributed by atoms with van der Waals surface area (Å²) in [7, 11) is 0. The highest BCUT2D eigenvalue weighted by molar-refractivity contribution is 5.72. The molecule has 0 aromatic carbocycles. The molecule has 1 atom stereocenters. The lowest BCUT2D eigenvalue weighted by Gasteiger charge is -2.20. The van der Waals surface area contributed by atoms with Crippen molar-refractivity contribution in [2.45, 2.75) is 163 Å². The van der Waals surface area contributed by atoms with Gasteiger partial charge < -0.3 is 9.47 Å². The maximum Gasteiger partial charge on any atom is 0.309 e. The summed E-state index contributed by atoms with van der Waals surface area (Å²) < 4.78 is 10.6. The van der Waals surface area contributed by atoms with Crippen LogP contribution in [0.5, 0.6) is 0 Å². The highest BCUT2D eigenvalue weighted by Crippen LogP contribution is 2.22. The largest absolute Gasteiger partial charge is 0.463 e. The van der Waals surface area contributed by atoms with Crippen molar-refractivity contribution in [2.75, 3.05) is 0 Å². The van der Waals surface area contributed by atoms with Gasteiger partial charge in [0.15, 0.2) is 0 Å². The molecule has 0 N–H and O–H groups in total. The van der Waals surface area contributed by atoms with Crippen molar-refractivity contribution in [3.05, 3.63) is 0 Å². The smallest absolute Gasteiger partial charge is 0.309 e. The summed E-state index contributed by atoms with van der Waals surface area (Å²) in [5.41, 5.74) is 0. The van der Waals surface area contributed by atoms with Gasteiger partial charge in [-0.1, -0.05) is 104 Å². The molecule has 0 aliphatic rings. The van der Waals surface area contributed by atoms with E-state index >= 15 is 0 Å². The van der Waals surface area contributed by atoms with Gasteiger partial charge in [0.05, 0.1) is 18.1 Å². The maximum absolute atomic E-state index is 12.2. The van der Waals surface area contributed by atoms with Gasteiger partial charge in [-0.05, 0) is 46.5 Å². The standard InChI is InChI=1S/C29H56O4/c1-24(2)27(29(31)33-26(5)6)22-20-18-16-14-12-10-8-7-9-11-13-15-17-19-21-23-28(30)32-25(3)4/h24-27H,7-23H2,1-6H3. The van der Waals surface area contributed by atoms with Crippen molar-refractivity contribution in [1.29, 1.82) is 0 Å². The minimum absolute atomic E-state index is 0.00780. The third kappa shape index (κ3) is 21.2. The molecule has 0 fully saturated rings. The first-order valence-electron chi connectivity index (χ1n) is 14.1. The minimum atomic E-state index is -0.0477. The third-order valence-electron chi connectivity index (χ3n) is 6.22. The van der Waals surface area contributed by atoms with E-state index in [2.05, 4.69) is 13.8 Å². The van der Waals surface area contributed by atoms with Crippen LogP contribution in [0.1, 0.15) is 151 Å². The summed E-state index contributed by atoms with van der Waals surface area (Å²) in [6, 6.07) is 0. The zero-order valence-electron chi connectivity index (χ0n) is 23.0. The first kappa shape index (κ1) is 31.9. The van der Waals surface area contributed by atoms with Crippen LogP contribution >= 0.6 is 0 Å². The molecule has 0 radical (unpaired) electrons. The molecule has 196 valence electrons. The molecule has 0 aliphatic heterocycles. The van der Waals surface area contributed by atoms with Crippen molar-refractivity contribution in [1.82, 2.24) is 0 Å². The number of carbonyl (C=O) groups excluding carboxylic acids is 2. The Balaban J connectivity index is 3.40. The van der Waals surface area contributed by atoms with Crippen molar-refractivity contribution in [3.63, 3.8) is 0 Å². The lowest BCUT2D eigenvalue weighted by Crippen LogP contribution is -2.25. The van der Waals surface area contributed by atoms with Crippen LogP contribution in [0.2, 0.25) is 0 Å². The summed E-state index contributed by atoms with van der Waals surface area (Å²) >= 11 is 0. The van der Waals surface area contributed by atoms with Crippen molar-refractivity contribution in [2.24, 2.45) is 11.8 Å². The summed E-state index contributed by atoms with van der Waals surface area (Å²) in [4.78, 5) is 23.7. The van der Waals surface area contributed by atoms with Crippen LogP contribution in [0.15, 0.2) is 0 Å². The Morgan fingerprint density at radius 2 is 0.879 bits per heavy atom. The van der Waals surface area contributed by atoms with Gasteiger partial charge in [-0.25, -0.2) is 0 Å². The maximum atomic E-state index is 12.2. The number of carbonyl (C=O) groups is 2. The Morgan fingerprint density at radius 3 is 1.24 bits per heavy atom. The molecule has 4 nitrogen and oxygen atoms in total. The highest BCUT2D eigenvalue weighted by Gasteiger charge is 2.23. The SMILES string of the molecule is CC(C)OC(=O)CCCCCCCCCCCCCCCCCC(C(=O)OC(C)C)C(C)C. The second kappa shape index (κ2) is 21.5. The molecule has 0 bridgehead atoms. The predicted molar refractivity (Wildman–Crippen MR) is 139 cm³/mol. The Bertz CT molecular complexity index is 470. The lowest BCUT2D eigenvalue weighted by atomic mass is 9.90. The van der Waals surface area contributed by atoms with E-state index in [9.17, 15) is 9.59 Å². The number of esters is 2. The van der Waals surface area contributed by atoms with Gasteiger partial charge in [-0.3, -0.25) is 9.59 Å². The van der Waals surface area contributed by atoms with E-state index in [-0.39, 0.29) is 30.1 Å². The van der Waals surface area contributed by atoms with Crippen LogP contribution in [0.3, 0.4) is 0 Å². The Hall–Kier alpha value is -1.06. The molecule has 0 aromatic heterocycles. The summed E-state index contributed by atoms with van der Waals surface area (Å²) in [5.74, 6) is 0.356. The normalized spacial score (nSPS) is 12.5. The van der Waals surface area contributed by atoms with Crippen molar-refractivity contribution < 1.29 is 19.1 Å². The fourth-order valence-electron chi connectivity index (χ4n) is 4.30. The summed E-state index contributed by atoms with van der Waals surface area (Å²) in [5, 5.41) is 0. The topological polar surface area (TPSA) is 52.6 Å². The molecule has 4 heteroatoms. The number of hydrogen-bond acceptors (Lipinski definition) is 4. The molecular formula is C29H56O4. The van der Waals surface area contributed by atoms with E-state index in [0.29, 0.717) is 12.3 Å². The number of unbranched alkanes of at least 4 members (excludes halogenated alkanes) is 14. The van der Waals surface area contributed by atoms with E-state index < -0.39 is 0 Å². The Labute approximate surface area is 206 Å². The molecule has 0 aromatic rings. The van der Waals surface area contributed by atoms with Gasteiger partial charge in [0, 0.05) is 6.42 Å². The molecule has 1 unspecified atom stereocenters. The van der Waals surface area contributed by atoms with Gasteiger partial charge in [-0.2, -0.15) is 0 Å². The van der Waals surface area contributed by atoms with Crippen LogP contribution < -0.4 is 0 Å². The predicted octanol–water partition coefficient (Wildman–Crippen LogP) is 8.79. The van der Waals surface area contributed by atoms with Crippen LogP contribution in [-0.4, -0.2) is 24.1 Å². The molecule has 0 spiro atoms. The zero-order chi connectivity index (χ0) is 24.9. The van der Waals surface area contributed by atoms with Gasteiger partial charge in [0.2, 0.25) is 0 Å². The number of rotatable bonds is 22. The van der Waals surface area contributed by atoms with Gasteiger partial charge in [-0.15, -0.1) is 0 Å². The first-order chi connectivity index (χ1) is 15.7. The molecule has 0 saturated heterocycles. The van der Waals surface area contributed by atoms with Crippen molar-refractivity contribution >= 4 is 11.9 Å². The second-order valence-corrected chi connectivity index (χ2v) is 10.7. The van der Waals surface area contributed by atoms with E-state index in [4.69, 9.17) is 9.47 Å². The Kier molecular flexibility index (Phi) is 20.8. The van der Waals surface area contributed by atoms with Gasteiger partial charge in [0.25, 0.3) is 0 Å². The van der Waals surface area contributed by atoms with Crippen molar-refractivity contribution in [3.8, 4) is 0 Å². The van der Waals surface area contributed by atoms with Gasteiger partial charge >= 0.3 is 11.9 Å². The molecule has 0 saturated carbocycles. The van der Waals surface area contributed by atoms with Crippen LogP contribution in [0.25, 0.3) is 0 Å². The monoisotopic (exact) mass is 468 g/mol. The third-order valence-corrected chi connectivity index (χ3v) is 6.22. The molecule has 0 aliphatic carbocycles. The first-order valence-corrected chi connectivity index (χ1v) is 14.1. The van der Waals surface area contributed by atoms with Crippen LogP contribution in [-0.2, 0) is 19.1 Å². The van der Waals surface area contributed by atoms with E-state index in [0.717, 1.165) is 25.7 Å². The number of hydrogen-bond donors (Lipinski definition) is 0. The highest BCUT2D eigenvalue weighted by atomic mass is 16.5. The fraction of sp³-hybridized carbons (Fsp3) is 0.931. The average molecular weight is 469 g/mol. The second-order valence-electron chi connectivity index (χ2n) is 10.7. The Morgan fingerprint density at radius 1 is 0.515 bits per heavy atom. The van der Waals surface area contributed by atoms with Gasteiger partial charge in [0.1, 0.15) is 0 Å². The lowest BCUT2D eigenvalue weighted by molar-refractivity contribution is -0.154. The summed E-state index contributed by atoms with van der Waals surface area (Å²) in [6.07, 6.45) is 20.7. The van der Waals surface area contributed by atoms with E-state index in [1.165, 1.54) is 77.0 Å². The van der Waals surface area contributed by atoms with E-state index in [1.54, 1.807) is 0 Å². The van der Waals surface area contributed by atoms with Crippen LogP contribution in [0, 0.1) is 11.8 Å². The molecule has 0 heterocycles. The number of ether oxygens (including phenoxy) is 2. The molecule has 0 amide bonds. The fourth-order valence-corrected chi connectivity index (χ4v) is 4.30.